The van der Waals surface area contributed by atoms with Crippen molar-refractivity contribution in [2.75, 3.05) is 26.5 Å². The van der Waals surface area contributed by atoms with Crippen molar-refractivity contribution in [3.05, 3.63) is 251 Å². The van der Waals surface area contributed by atoms with Gasteiger partial charge in [0.2, 0.25) is 6.29 Å². The minimum atomic E-state index is -4.28. The molecule has 0 saturated carbocycles. The number of hydrogen-bond acceptors (Lipinski definition) is 20. The summed E-state index contributed by atoms with van der Waals surface area (Å²) in [5.41, 5.74) is 0.191. The molecule has 21 heteroatoms. The van der Waals surface area contributed by atoms with Gasteiger partial charge < -0.3 is 51.9 Å². The van der Waals surface area contributed by atoms with Crippen LogP contribution in [0.3, 0.4) is 0 Å². The first-order chi connectivity index (χ1) is 45.2. The lowest BCUT2D eigenvalue weighted by atomic mass is 9.95. The third-order valence-corrected chi connectivity index (χ3v) is 16.4. The molecule has 0 spiro atoms. The monoisotopic (exact) mass is 1290 g/mol. The summed E-state index contributed by atoms with van der Waals surface area (Å²) in [5, 5.41) is 0. The van der Waals surface area contributed by atoms with Crippen LogP contribution in [0.25, 0.3) is 0 Å². The smallest absolute Gasteiger partial charge is 0.338 e. The van der Waals surface area contributed by atoms with Gasteiger partial charge in [0.25, 0.3) is 0 Å². The van der Waals surface area contributed by atoms with E-state index in [0.29, 0.717) is 6.42 Å². The standard InChI is InChI=1S/C72H73O20P/c1-3-4-5-6-7-8-9-31-46-83-93(2,80)92-72-63(90-70(79)55-44-29-16-30-45-55)61(88-68(77)53-40-25-14-26-41-53)59(57(85-72)48-82-65(74)50-34-19-11-20-35-50)91-71-62(89-69(78)54-42-27-15-28-43-54)60(87-67(76)52-38-23-13-24-39-52)58(86-66(75)51-36-21-12-22-37-51)56(84-71)47-81-64(73)49-32-17-10-18-33-49/h10-30,32-45,56-63,71-72H,3-9,31,46-48H2,1-2H3/t56-,57-,58+,59-,60+,61+,62-,63+,71+,72-,93?/m1/s1. The van der Waals surface area contributed by atoms with Crippen LogP contribution in [0.5, 0.6) is 0 Å². The molecule has 93 heavy (non-hydrogen) atoms. The minimum Gasteiger partial charge on any atom is -0.459 e. The van der Waals surface area contributed by atoms with E-state index in [0.717, 1.165) is 44.9 Å². The number of rotatable bonds is 30. The van der Waals surface area contributed by atoms with Gasteiger partial charge in [0.1, 0.15) is 31.5 Å². The molecule has 2 saturated heterocycles. The summed E-state index contributed by atoms with van der Waals surface area (Å²) in [6.07, 6.45) is -11.7. The van der Waals surface area contributed by atoms with Gasteiger partial charge in [-0.15, -0.1) is 0 Å². The molecule has 2 aliphatic heterocycles. The van der Waals surface area contributed by atoms with Crippen LogP contribution in [-0.4, -0.2) is 130 Å². The zero-order chi connectivity index (χ0) is 65.4. The largest absolute Gasteiger partial charge is 0.459 e. The first-order valence-corrected chi connectivity index (χ1v) is 32.9. The molecule has 0 N–H and O–H groups in total. The average Bonchev–Trinajstić information content (AvgIpc) is 0.771. The van der Waals surface area contributed by atoms with Crippen molar-refractivity contribution in [1.82, 2.24) is 0 Å². The van der Waals surface area contributed by atoms with E-state index in [4.69, 9.17) is 56.4 Å². The fourth-order valence-corrected chi connectivity index (χ4v) is 11.4. The Morgan fingerprint density at radius 1 is 0.344 bits per heavy atom. The molecular weight excluding hydrogens is 1220 g/mol. The minimum absolute atomic E-state index is 0.00181. The zero-order valence-corrected chi connectivity index (χ0v) is 52.3. The summed E-state index contributed by atoms with van der Waals surface area (Å²) in [6.45, 7) is 1.76. The summed E-state index contributed by atoms with van der Waals surface area (Å²) in [7, 11) is -4.28. The highest BCUT2D eigenvalue weighted by Gasteiger charge is 2.59. The van der Waals surface area contributed by atoms with Crippen LogP contribution < -0.4 is 0 Å². The van der Waals surface area contributed by atoms with E-state index < -0.39 is 124 Å². The molecule has 2 fully saturated rings. The van der Waals surface area contributed by atoms with E-state index in [1.54, 1.807) is 127 Å². The summed E-state index contributed by atoms with van der Waals surface area (Å²) < 4.78 is 91.2. The number of hydrogen-bond donors (Lipinski definition) is 0. The van der Waals surface area contributed by atoms with Crippen molar-refractivity contribution in [1.29, 1.82) is 0 Å². The Morgan fingerprint density at radius 2 is 0.624 bits per heavy atom. The van der Waals surface area contributed by atoms with E-state index >= 15 is 0 Å². The van der Waals surface area contributed by atoms with Crippen molar-refractivity contribution < 1.29 is 94.5 Å². The van der Waals surface area contributed by atoms with Crippen LogP contribution in [0.2, 0.25) is 0 Å². The van der Waals surface area contributed by atoms with E-state index in [1.165, 1.54) is 91.6 Å². The highest BCUT2D eigenvalue weighted by Crippen LogP contribution is 2.49. The Hall–Kier alpha value is -9.14. The van der Waals surface area contributed by atoms with Gasteiger partial charge in [-0.3, -0.25) is 9.09 Å². The Kier molecular flexibility index (Phi) is 25.3. The third kappa shape index (κ3) is 19.7. The van der Waals surface area contributed by atoms with Crippen LogP contribution in [0.15, 0.2) is 212 Å². The van der Waals surface area contributed by atoms with Gasteiger partial charge >= 0.3 is 49.4 Å². The van der Waals surface area contributed by atoms with E-state index in [-0.39, 0.29) is 45.6 Å². The van der Waals surface area contributed by atoms with Gasteiger partial charge in [-0.1, -0.05) is 179 Å². The number of carbonyl (C=O) groups excluding carboxylic acids is 7. The van der Waals surface area contributed by atoms with Crippen molar-refractivity contribution in [3.63, 3.8) is 0 Å². The van der Waals surface area contributed by atoms with Gasteiger partial charge in [-0.25, -0.2) is 33.6 Å². The maximum Gasteiger partial charge on any atom is 0.338 e. The highest BCUT2D eigenvalue weighted by molar-refractivity contribution is 7.53. The van der Waals surface area contributed by atoms with Gasteiger partial charge in [0, 0.05) is 6.66 Å². The first-order valence-electron chi connectivity index (χ1n) is 30.9. The Morgan fingerprint density at radius 3 is 0.989 bits per heavy atom. The van der Waals surface area contributed by atoms with E-state index in [2.05, 4.69) is 6.92 Å². The van der Waals surface area contributed by atoms with Crippen molar-refractivity contribution in [2.45, 2.75) is 120 Å². The Labute approximate surface area is 539 Å². The lowest BCUT2D eigenvalue weighted by molar-refractivity contribution is -0.349. The average molecular weight is 1290 g/mol. The quantitative estimate of drug-likeness (QED) is 0.0176. The second kappa shape index (κ2) is 34.5. The molecule has 1 unspecified atom stereocenters. The number of esters is 7. The van der Waals surface area contributed by atoms with Gasteiger partial charge in [-0.2, -0.15) is 0 Å². The molecule has 486 valence electrons. The Balaban J connectivity index is 1.19. The predicted octanol–water partition coefficient (Wildman–Crippen LogP) is 12.7. The summed E-state index contributed by atoms with van der Waals surface area (Å²) in [6, 6.07) is 54.3. The second-order valence-corrected chi connectivity index (χ2v) is 24.0. The molecule has 0 amide bonds. The van der Waals surface area contributed by atoms with Crippen LogP contribution in [0.1, 0.15) is 131 Å². The fourth-order valence-electron chi connectivity index (χ4n) is 10.3. The summed E-state index contributed by atoms with van der Waals surface area (Å²) in [4.78, 5) is 101. The zero-order valence-electron chi connectivity index (χ0n) is 51.4. The van der Waals surface area contributed by atoms with Crippen molar-refractivity contribution in [2.24, 2.45) is 0 Å². The SMILES string of the molecule is CCCCCCCCCCOP(C)(=O)O[C@H]1O[C@H](COC(=O)c2ccccc2)[C@@H](O[C@@H]2O[C@H](COC(=O)c3ccccc3)[C@H](OC(=O)c3ccccc3)[C@H](OC(=O)c3ccccc3)[C@H]2OC(=O)c2ccccc2)[C@H](OC(=O)c2ccccc2)[C@@H]1OC(=O)c1ccccc1. The fraction of sp³-hybridized carbons (Fsp3) is 0.319. The molecule has 2 aliphatic rings. The summed E-state index contributed by atoms with van der Waals surface area (Å²) >= 11 is 0. The van der Waals surface area contributed by atoms with Crippen molar-refractivity contribution in [3.8, 4) is 0 Å². The lowest BCUT2D eigenvalue weighted by Crippen LogP contribution is -2.67. The van der Waals surface area contributed by atoms with E-state index in [1.807, 2.05) is 0 Å². The summed E-state index contributed by atoms with van der Waals surface area (Å²) in [5.74, 6) is -6.84. The van der Waals surface area contributed by atoms with Crippen LogP contribution >= 0.6 is 7.60 Å². The molecule has 20 nitrogen and oxygen atoms in total. The number of carbonyl (C=O) groups is 7. The van der Waals surface area contributed by atoms with Crippen molar-refractivity contribution >= 4 is 49.4 Å². The molecule has 0 bridgehead atoms. The van der Waals surface area contributed by atoms with Gasteiger partial charge in [0.15, 0.2) is 36.8 Å². The predicted molar refractivity (Wildman–Crippen MR) is 337 cm³/mol. The first kappa shape index (κ1) is 68.2. The van der Waals surface area contributed by atoms with Gasteiger partial charge in [0.05, 0.1) is 45.6 Å². The van der Waals surface area contributed by atoms with E-state index in [9.17, 15) is 38.1 Å². The second-order valence-electron chi connectivity index (χ2n) is 22.0. The third-order valence-electron chi connectivity index (χ3n) is 15.1. The molecule has 2 heterocycles. The highest BCUT2D eigenvalue weighted by atomic mass is 31.2. The maximum absolute atomic E-state index is 14.8. The van der Waals surface area contributed by atoms with Gasteiger partial charge in [-0.05, 0) is 91.3 Å². The molecule has 11 atom stereocenters. The lowest BCUT2D eigenvalue weighted by Gasteiger charge is -2.49. The number of ether oxygens (including phenoxy) is 10. The molecule has 0 aromatic heterocycles. The molecular formula is C72H73O20P. The molecule has 7 aromatic rings. The van der Waals surface area contributed by atoms with Crippen LogP contribution in [0, 0.1) is 0 Å². The Bertz CT molecular complexity index is 3570. The van der Waals surface area contributed by atoms with Crippen LogP contribution in [-0.2, 0) is 61.0 Å². The maximum atomic E-state index is 14.8. The molecule has 9 rings (SSSR count). The molecule has 7 aromatic carbocycles. The number of benzene rings is 7. The van der Waals surface area contributed by atoms with Crippen LogP contribution in [0.4, 0.5) is 0 Å². The number of unbranched alkanes of at least 4 members (excludes halogenated alkanes) is 7. The normalized spacial score (nSPS) is 21.5. The topological polar surface area (TPSA) is 247 Å². The molecule has 0 radical (unpaired) electrons. The molecule has 0 aliphatic carbocycles.